The Morgan fingerprint density at radius 1 is 0.594 bits per heavy atom. The van der Waals surface area contributed by atoms with Gasteiger partial charge < -0.3 is 9.47 Å². The first kappa shape index (κ1) is 22.2. The second-order valence-electron chi connectivity index (χ2n) is 7.06. The third-order valence-corrected chi connectivity index (χ3v) is 6.27. The molecule has 0 aliphatic heterocycles. The maximum atomic E-state index is 13.7. The largest absolute Gasteiger partial charge is 0.496 e. The fourth-order valence-electron chi connectivity index (χ4n) is 3.66. The van der Waals surface area contributed by atoms with Crippen molar-refractivity contribution in [3.63, 3.8) is 0 Å². The fraction of sp³-hybridized carbons (Fsp3) is 0.0769. The Labute approximate surface area is 202 Å². The number of halogens is 2. The topological polar surface area (TPSA) is 52.6 Å². The minimum absolute atomic E-state index is 0.238. The molecule has 0 spiro atoms. The number of ether oxygens (including phenoxy) is 2. The molecule has 0 aliphatic rings. The molecule has 0 atom stereocenters. The van der Waals surface area contributed by atoms with E-state index < -0.39 is 0 Å². The van der Waals surface area contributed by atoms with Gasteiger partial charge in [0.05, 0.1) is 25.3 Å². The highest BCUT2D eigenvalue weighted by atomic mass is 79.9. The molecule has 0 amide bonds. The molecule has 0 fully saturated rings. The van der Waals surface area contributed by atoms with E-state index in [4.69, 9.17) is 9.47 Å². The Morgan fingerprint density at radius 2 is 0.969 bits per heavy atom. The van der Waals surface area contributed by atoms with Crippen LogP contribution in [0.2, 0.25) is 0 Å². The van der Waals surface area contributed by atoms with Crippen LogP contribution < -0.4 is 9.47 Å². The molecule has 0 saturated carbocycles. The molecule has 32 heavy (non-hydrogen) atoms. The molecule has 0 unspecified atom stereocenters. The van der Waals surface area contributed by atoms with E-state index in [1.54, 1.807) is 60.7 Å². The summed E-state index contributed by atoms with van der Waals surface area (Å²) in [4.78, 5) is 27.3. The number of hydrogen-bond acceptors (Lipinski definition) is 4. The number of hydrogen-bond donors (Lipinski definition) is 0. The summed E-state index contributed by atoms with van der Waals surface area (Å²) in [6, 6.07) is 21.3. The van der Waals surface area contributed by atoms with Gasteiger partial charge in [0, 0.05) is 25.5 Å². The zero-order chi connectivity index (χ0) is 22.8. The highest BCUT2D eigenvalue weighted by molar-refractivity contribution is 9.10. The lowest BCUT2D eigenvalue weighted by molar-refractivity contribution is 0.103. The van der Waals surface area contributed by atoms with E-state index in [-0.39, 0.29) is 11.6 Å². The third kappa shape index (κ3) is 4.08. The maximum absolute atomic E-state index is 13.7. The zero-order valence-corrected chi connectivity index (χ0v) is 20.5. The van der Waals surface area contributed by atoms with Crippen molar-refractivity contribution in [2.45, 2.75) is 0 Å². The quantitative estimate of drug-likeness (QED) is 0.245. The van der Waals surface area contributed by atoms with Crippen LogP contribution in [0.4, 0.5) is 0 Å². The molecule has 4 aromatic carbocycles. The van der Waals surface area contributed by atoms with Crippen molar-refractivity contribution in [2.24, 2.45) is 0 Å². The molecule has 0 radical (unpaired) electrons. The number of methoxy groups -OCH3 is 2. The van der Waals surface area contributed by atoms with Gasteiger partial charge in [-0.25, -0.2) is 0 Å². The minimum Gasteiger partial charge on any atom is -0.496 e. The van der Waals surface area contributed by atoms with Gasteiger partial charge in [-0.05, 0) is 66.0 Å². The van der Waals surface area contributed by atoms with Crippen molar-refractivity contribution in [1.82, 2.24) is 0 Å². The lowest BCUT2D eigenvalue weighted by Crippen LogP contribution is -2.10. The number of rotatable bonds is 6. The molecule has 4 nitrogen and oxygen atoms in total. The van der Waals surface area contributed by atoms with Gasteiger partial charge in [0.15, 0.2) is 11.6 Å². The second-order valence-corrected chi connectivity index (χ2v) is 8.89. The fourth-order valence-corrected chi connectivity index (χ4v) is 4.19. The molecular formula is C26H18Br2O4. The third-order valence-electron chi connectivity index (χ3n) is 5.22. The van der Waals surface area contributed by atoms with Gasteiger partial charge in [-0.1, -0.05) is 44.0 Å². The summed E-state index contributed by atoms with van der Waals surface area (Å²) < 4.78 is 12.9. The number of carbonyl (C=O) groups is 2. The zero-order valence-electron chi connectivity index (χ0n) is 17.3. The molecule has 0 aromatic heterocycles. The van der Waals surface area contributed by atoms with Crippen molar-refractivity contribution in [2.75, 3.05) is 14.2 Å². The molecule has 4 aromatic rings. The standard InChI is InChI=1S/C26H18Br2O4/c1-31-20-13-7-15-8-14-21(32-2)24(26(30)17-5-11-19(28)12-6-17)22(15)23(20)25(29)16-3-9-18(27)10-4-16/h3-14H,1-2H3. The lowest BCUT2D eigenvalue weighted by atomic mass is 9.89. The highest BCUT2D eigenvalue weighted by Crippen LogP contribution is 2.38. The molecule has 0 heterocycles. The Hall–Kier alpha value is -2.96. The first-order chi connectivity index (χ1) is 15.4. The van der Waals surface area contributed by atoms with E-state index in [1.165, 1.54) is 14.2 Å². The Kier molecular flexibility index (Phi) is 6.44. The Balaban J connectivity index is 2.04. The van der Waals surface area contributed by atoms with Crippen LogP contribution in [0.1, 0.15) is 31.8 Å². The van der Waals surface area contributed by atoms with Gasteiger partial charge in [-0.3, -0.25) is 9.59 Å². The predicted molar refractivity (Wildman–Crippen MR) is 132 cm³/mol. The van der Waals surface area contributed by atoms with Crippen molar-refractivity contribution in [3.8, 4) is 11.5 Å². The van der Waals surface area contributed by atoms with E-state index >= 15 is 0 Å². The SMILES string of the molecule is COc1ccc2ccc(OC)c(C(=O)c3ccc(Br)cc3)c2c1C(=O)c1ccc(Br)cc1. The van der Waals surface area contributed by atoms with E-state index in [1.807, 2.05) is 12.1 Å². The summed E-state index contributed by atoms with van der Waals surface area (Å²) in [5, 5.41) is 1.25. The highest BCUT2D eigenvalue weighted by Gasteiger charge is 2.26. The monoisotopic (exact) mass is 552 g/mol. The first-order valence-corrected chi connectivity index (χ1v) is 11.3. The van der Waals surface area contributed by atoms with Crippen LogP contribution >= 0.6 is 31.9 Å². The average molecular weight is 554 g/mol. The van der Waals surface area contributed by atoms with Crippen molar-refractivity contribution in [3.05, 3.63) is 104 Å². The molecular weight excluding hydrogens is 536 g/mol. The number of fused-ring (bicyclic) bond motifs is 1. The summed E-state index contributed by atoms with van der Waals surface area (Å²) in [6.45, 7) is 0. The van der Waals surface area contributed by atoms with Crippen molar-refractivity contribution in [1.29, 1.82) is 0 Å². The van der Waals surface area contributed by atoms with Crippen molar-refractivity contribution >= 4 is 54.2 Å². The van der Waals surface area contributed by atoms with Gasteiger partial charge in [-0.15, -0.1) is 0 Å². The van der Waals surface area contributed by atoms with Gasteiger partial charge in [0.1, 0.15) is 11.5 Å². The summed E-state index contributed by atoms with van der Waals surface area (Å²) >= 11 is 6.80. The van der Waals surface area contributed by atoms with Crippen LogP contribution in [0.3, 0.4) is 0 Å². The van der Waals surface area contributed by atoms with E-state index in [0.29, 0.717) is 39.1 Å². The average Bonchev–Trinajstić information content (AvgIpc) is 2.82. The van der Waals surface area contributed by atoms with Crippen LogP contribution in [-0.4, -0.2) is 25.8 Å². The number of carbonyl (C=O) groups excluding carboxylic acids is 2. The van der Waals surface area contributed by atoms with Crippen LogP contribution in [0.25, 0.3) is 10.8 Å². The maximum Gasteiger partial charge on any atom is 0.197 e. The molecule has 0 bridgehead atoms. The lowest BCUT2D eigenvalue weighted by Gasteiger charge is -2.17. The molecule has 6 heteroatoms. The van der Waals surface area contributed by atoms with Crippen LogP contribution in [0.5, 0.6) is 11.5 Å². The predicted octanol–water partition coefficient (Wildman–Crippen LogP) is 6.84. The Morgan fingerprint density at radius 3 is 1.31 bits per heavy atom. The second kappa shape index (κ2) is 9.27. The number of ketones is 2. The van der Waals surface area contributed by atoms with Crippen molar-refractivity contribution < 1.29 is 19.1 Å². The number of benzene rings is 4. The summed E-state index contributed by atoms with van der Waals surface area (Å²) in [5.74, 6) is 0.308. The van der Waals surface area contributed by atoms with Gasteiger partial charge in [0.25, 0.3) is 0 Å². The summed E-state index contributed by atoms with van der Waals surface area (Å²) in [6.07, 6.45) is 0. The van der Waals surface area contributed by atoms with Crippen LogP contribution in [0, 0.1) is 0 Å². The van der Waals surface area contributed by atoms with Gasteiger partial charge in [0.2, 0.25) is 0 Å². The summed E-state index contributed by atoms with van der Waals surface area (Å²) in [7, 11) is 3.02. The molecule has 0 N–H and O–H groups in total. The van der Waals surface area contributed by atoms with Gasteiger partial charge >= 0.3 is 0 Å². The molecule has 0 saturated heterocycles. The van der Waals surface area contributed by atoms with E-state index in [2.05, 4.69) is 31.9 Å². The first-order valence-electron chi connectivity index (χ1n) is 9.73. The van der Waals surface area contributed by atoms with E-state index in [0.717, 1.165) is 14.3 Å². The normalized spacial score (nSPS) is 10.8. The van der Waals surface area contributed by atoms with E-state index in [9.17, 15) is 9.59 Å². The summed E-state index contributed by atoms with van der Waals surface area (Å²) in [5.41, 5.74) is 1.63. The van der Waals surface area contributed by atoms with Crippen LogP contribution in [-0.2, 0) is 0 Å². The van der Waals surface area contributed by atoms with Crippen LogP contribution in [0.15, 0.2) is 81.7 Å². The molecule has 4 rings (SSSR count). The minimum atomic E-state index is -0.238. The van der Waals surface area contributed by atoms with Gasteiger partial charge in [-0.2, -0.15) is 0 Å². The molecule has 160 valence electrons. The smallest absolute Gasteiger partial charge is 0.197 e. The Bertz CT molecular complexity index is 1230. The molecule has 0 aliphatic carbocycles.